The van der Waals surface area contributed by atoms with Crippen LogP contribution in [0.2, 0.25) is 0 Å². The summed E-state index contributed by atoms with van der Waals surface area (Å²) in [7, 11) is 1.58. The van der Waals surface area contributed by atoms with Crippen molar-refractivity contribution in [2.24, 2.45) is 5.92 Å². The Bertz CT molecular complexity index is 1040. The van der Waals surface area contributed by atoms with E-state index >= 15 is 0 Å². The van der Waals surface area contributed by atoms with E-state index in [9.17, 15) is 14.4 Å². The van der Waals surface area contributed by atoms with Gasteiger partial charge < -0.3 is 25.2 Å². The highest BCUT2D eigenvalue weighted by Crippen LogP contribution is 2.25. The summed E-state index contributed by atoms with van der Waals surface area (Å²) in [6.07, 6.45) is 4.40. The van der Waals surface area contributed by atoms with Crippen molar-refractivity contribution in [1.29, 1.82) is 0 Å². The second kappa shape index (κ2) is 11.9. The van der Waals surface area contributed by atoms with Crippen molar-refractivity contribution < 1.29 is 19.1 Å². The summed E-state index contributed by atoms with van der Waals surface area (Å²) in [6, 6.07) is 13.8. The van der Waals surface area contributed by atoms with E-state index in [1.165, 1.54) is 0 Å². The van der Waals surface area contributed by atoms with E-state index in [4.69, 9.17) is 4.74 Å². The molecule has 8 nitrogen and oxygen atoms in total. The van der Waals surface area contributed by atoms with Gasteiger partial charge >= 0.3 is 6.03 Å². The fourth-order valence-electron chi connectivity index (χ4n) is 4.93. The van der Waals surface area contributed by atoms with E-state index in [1.54, 1.807) is 36.3 Å². The molecule has 2 heterocycles. The van der Waals surface area contributed by atoms with E-state index in [1.807, 2.05) is 36.1 Å². The number of likely N-dealkylation sites (tertiary alicyclic amines) is 2. The van der Waals surface area contributed by atoms with Crippen LogP contribution in [0, 0.1) is 12.8 Å². The van der Waals surface area contributed by atoms with Gasteiger partial charge in [0.2, 0.25) is 5.91 Å². The van der Waals surface area contributed by atoms with Gasteiger partial charge in [0.05, 0.1) is 7.11 Å². The number of rotatable bonds is 6. The smallest absolute Gasteiger partial charge is 0.321 e. The molecule has 0 aromatic heterocycles. The summed E-state index contributed by atoms with van der Waals surface area (Å²) in [6.45, 7) is 4.53. The first-order chi connectivity index (χ1) is 17.4. The molecule has 2 aliphatic rings. The lowest BCUT2D eigenvalue weighted by atomic mass is 9.88. The van der Waals surface area contributed by atoms with Crippen molar-refractivity contribution in [1.82, 2.24) is 15.1 Å². The van der Waals surface area contributed by atoms with Gasteiger partial charge in [-0.3, -0.25) is 9.59 Å². The number of aryl methyl sites for hydroxylation is 1. The Balaban J connectivity index is 1.41. The molecule has 2 N–H and O–H groups in total. The van der Waals surface area contributed by atoms with Gasteiger partial charge in [-0.25, -0.2) is 4.79 Å². The number of nitrogens with zero attached hydrogens (tertiary/aromatic N) is 2. The van der Waals surface area contributed by atoms with Crippen LogP contribution in [0.4, 0.5) is 10.5 Å². The van der Waals surface area contributed by atoms with Gasteiger partial charge in [-0.15, -0.1) is 0 Å². The monoisotopic (exact) mass is 492 g/mol. The molecule has 192 valence electrons. The molecule has 2 aliphatic heterocycles. The molecule has 36 heavy (non-hydrogen) atoms. The number of nitrogens with one attached hydrogen (secondary N) is 2. The lowest BCUT2D eigenvalue weighted by Crippen LogP contribution is -2.55. The molecule has 1 atom stereocenters. The Morgan fingerprint density at radius 2 is 1.50 bits per heavy atom. The summed E-state index contributed by atoms with van der Waals surface area (Å²) >= 11 is 0. The summed E-state index contributed by atoms with van der Waals surface area (Å²) < 4.78 is 5.18. The molecule has 0 bridgehead atoms. The minimum Gasteiger partial charge on any atom is -0.497 e. The van der Waals surface area contributed by atoms with E-state index in [0.717, 1.165) is 43.6 Å². The number of benzene rings is 2. The van der Waals surface area contributed by atoms with Gasteiger partial charge in [0.25, 0.3) is 5.91 Å². The molecular formula is C28H36N4O4. The maximum Gasteiger partial charge on any atom is 0.321 e. The van der Waals surface area contributed by atoms with Gasteiger partial charge in [-0.05, 0) is 81.3 Å². The highest BCUT2D eigenvalue weighted by Gasteiger charge is 2.36. The SMILES string of the molecule is COc1ccc(C(=O)NC(C(=O)N2CCCCC2)C2CCN(C(=O)Nc3ccc(C)cc3)CC2)cc1. The van der Waals surface area contributed by atoms with Gasteiger partial charge in [-0.2, -0.15) is 0 Å². The van der Waals surface area contributed by atoms with E-state index in [0.29, 0.717) is 37.2 Å². The van der Waals surface area contributed by atoms with E-state index in [2.05, 4.69) is 10.6 Å². The predicted octanol–water partition coefficient (Wildman–Crippen LogP) is 4.06. The van der Waals surface area contributed by atoms with Crippen LogP contribution in [-0.2, 0) is 4.79 Å². The van der Waals surface area contributed by atoms with Crippen LogP contribution in [0.1, 0.15) is 48.0 Å². The molecule has 2 aromatic carbocycles. The summed E-state index contributed by atoms with van der Waals surface area (Å²) in [4.78, 5) is 43.1. The molecule has 0 radical (unpaired) electrons. The number of piperidine rings is 2. The number of hydrogen-bond donors (Lipinski definition) is 2. The molecule has 4 amide bonds. The van der Waals surface area contributed by atoms with Crippen LogP contribution in [-0.4, -0.2) is 67.0 Å². The lowest BCUT2D eigenvalue weighted by molar-refractivity contribution is -0.136. The first-order valence-electron chi connectivity index (χ1n) is 12.8. The second-order valence-corrected chi connectivity index (χ2v) is 9.69. The molecule has 2 aromatic rings. The zero-order chi connectivity index (χ0) is 25.5. The normalized spacial score (nSPS) is 17.3. The van der Waals surface area contributed by atoms with E-state index in [-0.39, 0.29) is 23.8 Å². The topological polar surface area (TPSA) is 91.0 Å². The third kappa shape index (κ3) is 6.36. The molecule has 0 saturated carbocycles. The Morgan fingerprint density at radius 3 is 2.11 bits per heavy atom. The van der Waals surface area contributed by atoms with Gasteiger partial charge in [0.15, 0.2) is 0 Å². The van der Waals surface area contributed by atoms with Crippen molar-refractivity contribution in [3.05, 3.63) is 59.7 Å². The number of carbonyl (C=O) groups is 3. The van der Waals surface area contributed by atoms with Crippen LogP contribution in [0.25, 0.3) is 0 Å². The van der Waals surface area contributed by atoms with Crippen LogP contribution in [0.15, 0.2) is 48.5 Å². The van der Waals surface area contributed by atoms with E-state index < -0.39 is 6.04 Å². The van der Waals surface area contributed by atoms with Crippen LogP contribution < -0.4 is 15.4 Å². The number of methoxy groups -OCH3 is 1. The lowest BCUT2D eigenvalue weighted by Gasteiger charge is -2.38. The maximum atomic E-state index is 13.5. The molecule has 2 fully saturated rings. The van der Waals surface area contributed by atoms with Crippen LogP contribution in [0.5, 0.6) is 5.75 Å². The summed E-state index contributed by atoms with van der Waals surface area (Å²) in [5, 5.41) is 5.99. The Hall–Kier alpha value is -3.55. The van der Waals surface area contributed by atoms with Crippen LogP contribution >= 0.6 is 0 Å². The third-order valence-electron chi connectivity index (χ3n) is 7.17. The van der Waals surface area contributed by atoms with Crippen molar-refractivity contribution in [2.75, 3.05) is 38.6 Å². The highest BCUT2D eigenvalue weighted by atomic mass is 16.5. The number of urea groups is 1. The second-order valence-electron chi connectivity index (χ2n) is 9.69. The average molecular weight is 493 g/mol. The average Bonchev–Trinajstić information content (AvgIpc) is 2.93. The largest absolute Gasteiger partial charge is 0.497 e. The fraction of sp³-hybridized carbons (Fsp3) is 0.464. The van der Waals surface area contributed by atoms with Crippen molar-refractivity contribution in [3.63, 3.8) is 0 Å². The Labute approximate surface area is 213 Å². The van der Waals surface area contributed by atoms with Gasteiger partial charge in [0, 0.05) is 37.4 Å². The first kappa shape index (κ1) is 25.5. The number of ether oxygens (including phenoxy) is 1. The predicted molar refractivity (Wildman–Crippen MR) is 139 cm³/mol. The third-order valence-corrected chi connectivity index (χ3v) is 7.17. The quantitative estimate of drug-likeness (QED) is 0.636. The Morgan fingerprint density at radius 1 is 0.861 bits per heavy atom. The molecule has 0 spiro atoms. The van der Waals surface area contributed by atoms with Gasteiger partial charge in [-0.1, -0.05) is 17.7 Å². The zero-order valence-corrected chi connectivity index (χ0v) is 21.2. The minimum atomic E-state index is -0.611. The number of hydrogen-bond acceptors (Lipinski definition) is 4. The van der Waals surface area contributed by atoms with Gasteiger partial charge in [0.1, 0.15) is 11.8 Å². The molecule has 2 saturated heterocycles. The molecule has 4 rings (SSSR count). The highest BCUT2D eigenvalue weighted by molar-refractivity contribution is 5.97. The molecule has 1 unspecified atom stereocenters. The molecule has 0 aliphatic carbocycles. The van der Waals surface area contributed by atoms with Crippen LogP contribution in [0.3, 0.4) is 0 Å². The number of anilines is 1. The van der Waals surface area contributed by atoms with Crippen molar-refractivity contribution in [3.8, 4) is 5.75 Å². The fourth-order valence-corrected chi connectivity index (χ4v) is 4.93. The number of carbonyl (C=O) groups excluding carboxylic acids is 3. The van der Waals surface area contributed by atoms with Crippen molar-refractivity contribution >= 4 is 23.5 Å². The summed E-state index contributed by atoms with van der Waals surface area (Å²) in [5.74, 6) is 0.348. The minimum absolute atomic E-state index is 0.0147. The Kier molecular flexibility index (Phi) is 8.46. The molecular weight excluding hydrogens is 456 g/mol. The number of amides is 4. The first-order valence-corrected chi connectivity index (χ1v) is 12.8. The van der Waals surface area contributed by atoms with Crippen molar-refractivity contribution in [2.45, 2.75) is 45.1 Å². The standard InChI is InChI=1S/C28H36N4O4/c1-20-6-10-23(11-7-20)29-28(35)32-18-14-21(15-19-32)25(27(34)31-16-4-3-5-17-31)30-26(33)22-8-12-24(36-2)13-9-22/h6-13,21,25H,3-5,14-19H2,1-2H3,(H,29,35)(H,30,33). The zero-order valence-electron chi connectivity index (χ0n) is 21.2. The maximum absolute atomic E-state index is 13.5. The summed E-state index contributed by atoms with van der Waals surface area (Å²) in [5.41, 5.74) is 2.38. The molecule has 8 heteroatoms.